The molecule has 0 aromatic carbocycles. The van der Waals surface area contributed by atoms with E-state index in [0.717, 1.165) is 0 Å². The second-order valence-corrected chi connectivity index (χ2v) is 4.70. The van der Waals surface area contributed by atoms with E-state index in [1.165, 1.54) is 0 Å². The minimum Gasteiger partial charge on any atom is -0.369 e. The van der Waals surface area contributed by atoms with Crippen molar-refractivity contribution >= 4 is 7.60 Å². The molecule has 0 heterocycles. The highest BCUT2D eigenvalue weighted by Gasteiger charge is 2.23. The van der Waals surface area contributed by atoms with E-state index in [9.17, 15) is 4.57 Å². The summed E-state index contributed by atoms with van der Waals surface area (Å²) in [5, 5.41) is 0. The van der Waals surface area contributed by atoms with Gasteiger partial charge >= 0.3 is 7.60 Å². The molecule has 6 nitrogen and oxygen atoms in total. The van der Waals surface area contributed by atoms with Crippen LogP contribution >= 0.6 is 7.60 Å². The molecule has 0 amide bonds. The number of hydrogen-bond donors (Lipinski definition) is 1. The molecule has 0 aromatic heterocycles. The van der Waals surface area contributed by atoms with Gasteiger partial charge in [0.2, 0.25) is 0 Å². The summed E-state index contributed by atoms with van der Waals surface area (Å²) in [6, 6.07) is 0. The van der Waals surface area contributed by atoms with Crippen LogP contribution in [0.4, 0.5) is 0 Å². The van der Waals surface area contributed by atoms with Gasteiger partial charge in [-0.25, -0.2) is 5.90 Å². The zero-order valence-corrected chi connectivity index (χ0v) is 10.2. The van der Waals surface area contributed by atoms with Gasteiger partial charge in [0, 0.05) is 6.61 Å². The summed E-state index contributed by atoms with van der Waals surface area (Å²) >= 11 is 0. The smallest absolute Gasteiger partial charge is 0.356 e. The van der Waals surface area contributed by atoms with Gasteiger partial charge in [0.05, 0.1) is 19.8 Å². The normalized spacial score (nSPS) is 11.9. The predicted octanol–water partition coefficient (Wildman–Crippen LogP) is 1.51. The summed E-state index contributed by atoms with van der Waals surface area (Å²) in [7, 11) is -3.06. The van der Waals surface area contributed by atoms with E-state index in [0.29, 0.717) is 32.8 Å². The second-order valence-electron chi connectivity index (χ2n) is 2.71. The van der Waals surface area contributed by atoms with Crippen molar-refractivity contribution in [1.82, 2.24) is 0 Å². The van der Waals surface area contributed by atoms with Gasteiger partial charge in [-0.2, -0.15) is 0 Å². The highest BCUT2D eigenvalue weighted by molar-refractivity contribution is 7.53. The maximum Gasteiger partial charge on any atom is 0.356 e. The lowest BCUT2D eigenvalue weighted by Gasteiger charge is -2.16. The molecular formula is C8H20NO5P. The van der Waals surface area contributed by atoms with Crippen LogP contribution in [0.1, 0.15) is 20.3 Å². The molecule has 92 valence electrons. The first-order valence-corrected chi connectivity index (χ1v) is 6.69. The molecule has 0 unspecified atom stereocenters. The monoisotopic (exact) mass is 241 g/mol. The van der Waals surface area contributed by atoms with Crippen LogP contribution in [-0.2, 0) is 23.2 Å². The second kappa shape index (κ2) is 9.27. The lowest BCUT2D eigenvalue weighted by Crippen LogP contribution is -2.07. The van der Waals surface area contributed by atoms with Crippen molar-refractivity contribution in [2.45, 2.75) is 20.3 Å². The summed E-state index contributed by atoms with van der Waals surface area (Å²) in [5.74, 6) is 4.83. The Morgan fingerprint density at radius 1 is 1.13 bits per heavy atom. The first kappa shape index (κ1) is 15.0. The molecule has 0 aliphatic carbocycles. The van der Waals surface area contributed by atoms with Crippen molar-refractivity contribution in [2.75, 3.05) is 32.8 Å². The van der Waals surface area contributed by atoms with Crippen LogP contribution in [0, 0.1) is 0 Å². The fraction of sp³-hybridized carbons (Fsp3) is 1.00. The molecule has 15 heavy (non-hydrogen) atoms. The van der Waals surface area contributed by atoms with Crippen LogP contribution in [0.5, 0.6) is 0 Å². The van der Waals surface area contributed by atoms with Gasteiger partial charge in [-0.05, 0) is 20.3 Å². The number of nitrogens with two attached hydrogens (primary N) is 1. The Hall–Kier alpha value is 0.0300. The van der Waals surface area contributed by atoms with Crippen LogP contribution in [-0.4, -0.2) is 32.8 Å². The molecule has 7 heteroatoms. The topological polar surface area (TPSA) is 80.0 Å². The third-order valence-corrected chi connectivity index (χ3v) is 3.25. The molecule has 0 aliphatic rings. The molecule has 0 bridgehead atoms. The highest BCUT2D eigenvalue weighted by atomic mass is 31.2. The molecular weight excluding hydrogens is 221 g/mol. The lowest BCUT2D eigenvalue weighted by atomic mass is 10.5. The number of hydrogen-bond acceptors (Lipinski definition) is 6. The zero-order valence-electron chi connectivity index (χ0n) is 9.31. The van der Waals surface area contributed by atoms with Gasteiger partial charge < -0.3 is 18.6 Å². The van der Waals surface area contributed by atoms with Crippen molar-refractivity contribution in [1.29, 1.82) is 0 Å². The van der Waals surface area contributed by atoms with Gasteiger partial charge in [0.25, 0.3) is 0 Å². The van der Waals surface area contributed by atoms with Gasteiger partial charge in [-0.15, -0.1) is 0 Å². The predicted molar refractivity (Wildman–Crippen MR) is 56.4 cm³/mol. The van der Waals surface area contributed by atoms with E-state index in [1.807, 2.05) is 0 Å². The van der Waals surface area contributed by atoms with E-state index >= 15 is 0 Å². The molecule has 0 aromatic rings. The molecule has 0 aliphatic heterocycles. The Kier molecular flexibility index (Phi) is 9.29. The van der Waals surface area contributed by atoms with Crippen molar-refractivity contribution in [3.63, 3.8) is 0 Å². The van der Waals surface area contributed by atoms with E-state index in [2.05, 4.69) is 4.84 Å². The zero-order chi connectivity index (χ0) is 11.6. The average Bonchev–Trinajstić information content (AvgIpc) is 2.18. The Labute approximate surface area is 90.5 Å². The quantitative estimate of drug-likeness (QED) is 0.355. The minimum absolute atomic E-state index is 0.0285. The Morgan fingerprint density at radius 3 is 2.20 bits per heavy atom. The van der Waals surface area contributed by atoms with Crippen molar-refractivity contribution in [3.05, 3.63) is 0 Å². The van der Waals surface area contributed by atoms with Gasteiger partial charge in [-0.3, -0.25) is 4.57 Å². The van der Waals surface area contributed by atoms with Gasteiger partial charge in [0.1, 0.15) is 6.35 Å². The average molecular weight is 241 g/mol. The summed E-state index contributed by atoms with van der Waals surface area (Å²) in [5.41, 5.74) is 0. The van der Waals surface area contributed by atoms with Crippen LogP contribution < -0.4 is 5.90 Å². The van der Waals surface area contributed by atoms with Crippen LogP contribution in [0.3, 0.4) is 0 Å². The highest BCUT2D eigenvalue weighted by Crippen LogP contribution is 2.47. The lowest BCUT2D eigenvalue weighted by molar-refractivity contribution is 0.0883. The summed E-state index contributed by atoms with van der Waals surface area (Å²) < 4.78 is 27.0. The molecule has 0 spiro atoms. The van der Waals surface area contributed by atoms with Gasteiger partial charge in [-0.1, -0.05) is 0 Å². The van der Waals surface area contributed by atoms with E-state index in [4.69, 9.17) is 19.7 Å². The first-order chi connectivity index (χ1) is 7.18. The van der Waals surface area contributed by atoms with E-state index in [1.54, 1.807) is 13.8 Å². The molecule has 0 rings (SSSR count). The largest absolute Gasteiger partial charge is 0.369 e. The van der Waals surface area contributed by atoms with Gasteiger partial charge in [0.15, 0.2) is 0 Å². The number of ether oxygens (including phenoxy) is 1. The van der Waals surface area contributed by atoms with E-state index in [-0.39, 0.29) is 6.35 Å². The first-order valence-electron chi connectivity index (χ1n) is 4.96. The summed E-state index contributed by atoms with van der Waals surface area (Å²) in [6.07, 6.45) is 0.619. The molecule has 2 N–H and O–H groups in total. The molecule has 0 atom stereocenters. The third-order valence-electron chi connectivity index (χ3n) is 1.45. The maximum absolute atomic E-state index is 11.8. The fourth-order valence-electron chi connectivity index (χ4n) is 0.926. The summed E-state index contributed by atoms with van der Waals surface area (Å²) in [6.45, 7) is 5.02. The van der Waals surface area contributed by atoms with Crippen LogP contribution in [0.2, 0.25) is 0 Å². The molecule has 0 saturated heterocycles. The number of rotatable bonds is 10. The Bertz CT molecular complexity index is 180. The summed E-state index contributed by atoms with van der Waals surface area (Å²) in [4.78, 5) is 4.36. The van der Waals surface area contributed by atoms with Crippen LogP contribution in [0.15, 0.2) is 0 Å². The molecule has 0 radical (unpaired) electrons. The molecule has 0 saturated carbocycles. The standard InChI is InChI=1S/C8H20NO5P/c1-3-13-15(10,14-4-2)8-11-6-5-7-12-9/h3-9H2,1-2H3. The Balaban J connectivity index is 3.71. The Morgan fingerprint density at radius 2 is 1.73 bits per heavy atom. The third kappa shape index (κ3) is 7.90. The fourth-order valence-corrected chi connectivity index (χ4v) is 2.29. The maximum atomic E-state index is 11.8. The minimum atomic E-state index is -3.06. The molecule has 0 fully saturated rings. The van der Waals surface area contributed by atoms with Crippen LogP contribution in [0.25, 0.3) is 0 Å². The van der Waals surface area contributed by atoms with Crippen molar-refractivity contribution in [2.24, 2.45) is 5.90 Å². The SMILES string of the molecule is CCOP(=O)(COCCCON)OCC. The van der Waals surface area contributed by atoms with Crippen molar-refractivity contribution < 1.29 is 23.2 Å². The van der Waals surface area contributed by atoms with Crippen molar-refractivity contribution in [3.8, 4) is 0 Å². The van der Waals surface area contributed by atoms with E-state index < -0.39 is 7.60 Å².